The summed E-state index contributed by atoms with van der Waals surface area (Å²) in [5.74, 6) is 3.13. The second-order valence-corrected chi connectivity index (χ2v) is 7.04. The minimum Gasteiger partial charge on any atom is -0.409 e. The first-order valence-electron chi connectivity index (χ1n) is 6.37. The van der Waals surface area contributed by atoms with Crippen LogP contribution in [0, 0.1) is 5.82 Å². The molecule has 0 radical (unpaired) electrons. The van der Waals surface area contributed by atoms with Gasteiger partial charge in [-0.25, -0.2) is 4.39 Å². The van der Waals surface area contributed by atoms with Gasteiger partial charge in [-0.15, -0.1) is 0 Å². The predicted molar refractivity (Wildman–Crippen MR) is 84.2 cm³/mol. The van der Waals surface area contributed by atoms with E-state index in [0.29, 0.717) is 17.4 Å². The van der Waals surface area contributed by atoms with Gasteiger partial charge in [0.2, 0.25) is 0 Å². The van der Waals surface area contributed by atoms with E-state index in [-0.39, 0.29) is 5.84 Å². The van der Waals surface area contributed by atoms with Crippen LogP contribution in [-0.4, -0.2) is 40.1 Å². The van der Waals surface area contributed by atoms with Crippen LogP contribution in [0.5, 0.6) is 0 Å². The fourth-order valence-corrected chi connectivity index (χ4v) is 4.66. The molecular formula is C13H18FN3OS2. The third-order valence-electron chi connectivity index (χ3n) is 3.03. The molecule has 110 valence electrons. The molecule has 1 unspecified atom stereocenters. The topological polar surface area (TPSA) is 70.6 Å². The van der Waals surface area contributed by atoms with E-state index in [1.54, 1.807) is 6.07 Å². The fourth-order valence-electron chi connectivity index (χ4n) is 2.02. The first-order chi connectivity index (χ1) is 9.70. The summed E-state index contributed by atoms with van der Waals surface area (Å²) in [7, 11) is 0. The van der Waals surface area contributed by atoms with Crippen molar-refractivity contribution in [2.75, 3.05) is 23.8 Å². The summed E-state index contributed by atoms with van der Waals surface area (Å²) in [5, 5.41) is 15.7. The lowest BCUT2D eigenvalue weighted by atomic mass is 10.1. The average molecular weight is 315 g/mol. The standard InChI is InChI=1S/C13H18FN3OS2/c14-10-2-1-9(12(5-10)13(15)17-18)6-16-7-11-8-19-3-4-20-11/h1-2,5,11,16,18H,3-4,6-8H2,(H2,15,17). The van der Waals surface area contributed by atoms with E-state index in [1.807, 2.05) is 23.5 Å². The van der Waals surface area contributed by atoms with Crippen LogP contribution < -0.4 is 11.1 Å². The summed E-state index contributed by atoms with van der Waals surface area (Å²) >= 11 is 3.96. The van der Waals surface area contributed by atoms with Gasteiger partial charge in [-0.1, -0.05) is 11.2 Å². The zero-order chi connectivity index (χ0) is 14.4. The van der Waals surface area contributed by atoms with Gasteiger partial charge in [-0.05, 0) is 17.7 Å². The summed E-state index contributed by atoms with van der Waals surface area (Å²) in [6.07, 6.45) is 0. The highest BCUT2D eigenvalue weighted by atomic mass is 32.2. The number of hydrogen-bond acceptors (Lipinski definition) is 5. The maximum Gasteiger partial charge on any atom is 0.170 e. The molecule has 1 fully saturated rings. The molecule has 0 amide bonds. The van der Waals surface area contributed by atoms with Crippen LogP contribution in [-0.2, 0) is 6.54 Å². The van der Waals surface area contributed by atoms with Crippen molar-refractivity contribution in [2.24, 2.45) is 10.9 Å². The highest BCUT2D eigenvalue weighted by Crippen LogP contribution is 2.23. The van der Waals surface area contributed by atoms with Crippen molar-refractivity contribution in [1.82, 2.24) is 5.32 Å². The van der Waals surface area contributed by atoms with Gasteiger partial charge in [-0.2, -0.15) is 23.5 Å². The molecule has 1 aromatic carbocycles. The predicted octanol–water partition coefficient (Wildman–Crippen LogP) is 1.86. The molecule has 4 nitrogen and oxygen atoms in total. The smallest absolute Gasteiger partial charge is 0.170 e. The normalized spacial score (nSPS) is 20.1. The molecule has 1 saturated heterocycles. The fraction of sp³-hybridized carbons (Fsp3) is 0.462. The SMILES string of the molecule is N/C(=N/O)c1cc(F)ccc1CNCC1CSCCS1. The van der Waals surface area contributed by atoms with Crippen LogP contribution in [0.15, 0.2) is 23.4 Å². The number of hydrogen-bond donors (Lipinski definition) is 3. The van der Waals surface area contributed by atoms with Gasteiger partial charge >= 0.3 is 0 Å². The van der Waals surface area contributed by atoms with Gasteiger partial charge in [-0.3, -0.25) is 0 Å². The first kappa shape index (κ1) is 15.5. The van der Waals surface area contributed by atoms with Gasteiger partial charge in [0.15, 0.2) is 5.84 Å². The summed E-state index contributed by atoms with van der Waals surface area (Å²) < 4.78 is 13.2. The van der Waals surface area contributed by atoms with Gasteiger partial charge < -0.3 is 16.3 Å². The molecule has 1 heterocycles. The van der Waals surface area contributed by atoms with Crippen molar-refractivity contribution < 1.29 is 9.60 Å². The molecule has 7 heteroatoms. The minimum absolute atomic E-state index is 0.0658. The lowest BCUT2D eigenvalue weighted by Crippen LogP contribution is -2.29. The van der Waals surface area contributed by atoms with Gasteiger partial charge in [0, 0.05) is 41.2 Å². The molecule has 0 aromatic heterocycles. The van der Waals surface area contributed by atoms with Gasteiger partial charge in [0.25, 0.3) is 0 Å². The lowest BCUT2D eigenvalue weighted by Gasteiger charge is -2.21. The van der Waals surface area contributed by atoms with Crippen LogP contribution in [0.2, 0.25) is 0 Å². The minimum atomic E-state index is -0.394. The Morgan fingerprint density at radius 2 is 2.35 bits per heavy atom. The number of nitrogens with zero attached hydrogens (tertiary/aromatic N) is 1. The molecule has 0 aliphatic carbocycles. The Kier molecular flexibility index (Phi) is 6.00. The summed E-state index contributed by atoms with van der Waals surface area (Å²) in [5.41, 5.74) is 6.84. The number of thioether (sulfide) groups is 2. The van der Waals surface area contributed by atoms with E-state index >= 15 is 0 Å². The number of nitrogens with two attached hydrogens (primary N) is 1. The molecule has 1 aromatic rings. The number of halogens is 1. The van der Waals surface area contributed by atoms with E-state index < -0.39 is 5.82 Å². The molecule has 0 saturated carbocycles. The van der Waals surface area contributed by atoms with Crippen LogP contribution in [0.3, 0.4) is 0 Å². The number of benzene rings is 1. The molecule has 1 atom stereocenters. The van der Waals surface area contributed by atoms with Crippen LogP contribution in [0.25, 0.3) is 0 Å². The monoisotopic (exact) mass is 315 g/mol. The molecule has 4 N–H and O–H groups in total. The maximum absolute atomic E-state index is 13.2. The van der Waals surface area contributed by atoms with Crippen LogP contribution >= 0.6 is 23.5 Å². The Hall–Kier alpha value is -0.920. The zero-order valence-electron chi connectivity index (χ0n) is 11.0. The van der Waals surface area contributed by atoms with E-state index in [1.165, 1.54) is 23.6 Å². The largest absolute Gasteiger partial charge is 0.409 e. The number of oxime groups is 1. The van der Waals surface area contributed by atoms with E-state index in [9.17, 15) is 4.39 Å². The Balaban J connectivity index is 1.94. The molecular weight excluding hydrogens is 297 g/mol. The third-order valence-corrected chi connectivity index (χ3v) is 5.87. The van der Waals surface area contributed by atoms with Gasteiger partial charge in [0.05, 0.1) is 0 Å². The summed E-state index contributed by atoms with van der Waals surface area (Å²) in [6, 6.07) is 4.34. The molecule has 0 bridgehead atoms. The van der Waals surface area contributed by atoms with E-state index in [0.717, 1.165) is 17.9 Å². The average Bonchev–Trinajstić information content (AvgIpc) is 2.49. The molecule has 1 aliphatic rings. The second kappa shape index (κ2) is 7.75. The molecule has 20 heavy (non-hydrogen) atoms. The third kappa shape index (κ3) is 4.29. The number of amidine groups is 1. The van der Waals surface area contributed by atoms with Crippen molar-refractivity contribution >= 4 is 29.4 Å². The quantitative estimate of drug-likeness (QED) is 0.335. The van der Waals surface area contributed by atoms with Crippen molar-refractivity contribution in [3.63, 3.8) is 0 Å². The van der Waals surface area contributed by atoms with Crippen LogP contribution in [0.4, 0.5) is 4.39 Å². The zero-order valence-corrected chi connectivity index (χ0v) is 12.6. The Bertz CT molecular complexity index is 479. The van der Waals surface area contributed by atoms with Crippen molar-refractivity contribution in [3.05, 3.63) is 35.1 Å². The Morgan fingerprint density at radius 3 is 3.05 bits per heavy atom. The highest BCUT2D eigenvalue weighted by Gasteiger charge is 2.14. The Morgan fingerprint density at radius 1 is 1.50 bits per heavy atom. The van der Waals surface area contributed by atoms with E-state index in [4.69, 9.17) is 10.9 Å². The summed E-state index contributed by atoms with van der Waals surface area (Å²) in [4.78, 5) is 0. The van der Waals surface area contributed by atoms with Crippen LogP contribution in [0.1, 0.15) is 11.1 Å². The summed E-state index contributed by atoms with van der Waals surface area (Å²) in [6.45, 7) is 1.48. The van der Waals surface area contributed by atoms with Crippen molar-refractivity contribution in [2.45, 2.75) is 11.8 Å². The van der Waals surface area contributed by atoms with Crippen molar-refractivity contribution in [3.8, 4) is 0 Å². The molecule has 1 aliphatic heterocycles. The van der Waals surface area contributed by atoms with Gasteiger partial charge in [0.1, 0.15) is 5.82 Å². The lowest BCUT2D eigenvalue weighted by molar-refractivity contribution is 0.318. The van der Waals surface area contributed by atoms with Crippen molar-refractivity contribution in [1.29, 1.82) is 0 Å². The molecule has 2 rings (SSSR count). The second-order valence-electron chi connectivity index (χ2n) is 4.49. The Labute approximate surface area is 126 Å². The number of nitrogens with one attached hydrogen (secondary N) is 1. The first-order valence-corrected chi connectivity index (χ1v) is 8.57. The van der Waals surface area contributed by atoms with E-state index in [2.05, 4.69) is 10.5 Å². The maximum atomic E-state index is 13.2. The highest BCUT2D eigenvalue weighted by molar-refractivity contribution is 8.06. The number of rotatable bonds is 5. The molecule has 0 spiro atoms.